The number of carboxylic acid groups (broad SMARTS) is 1. The van der Waals surface area contributed by atoms with Crippen molar-refractivity contribution >= 4 is 23.5 Å². The molecule has 0 bridgehead atoms. The van der Waals surface area contributed by atoms with Crippen molar-refractivity contribution in [1.82, 2.24) is 20.5 Å². The van der Waals surface area contributed by atoms with Crippen LogP contribution in [0.1, 0.15) is 22.6 Å². The molecule has 4 N–H and O–H groups in total. The van der Waals surface area contributed by atoms with Crippen molar-refractivity contribution in [3.63, 3.8) is 0 Å². The summed E-state index contributed by atoms with van der Waals surface area (Å²) in [5, 5.41) is 27.3. The number of aliphatic hydroxyl groups is 1. The van der Waals surface area contributed by atoms with Crippen LogP contribution in [0.3, 0.4) is 0 Å². The van der Waals surface area contributed by atoms with Crippen LogP contribution in [0.4, 0.5) is 4.39 Å². The molecule has 0 aliphatic carbocycles. The number of carbonyl (C=O) groups excluding carboxylic acids is 1. The van der Waals surface area contributed by atoms with Crippen LogP contribution in [0.2, 0.25) is 5.28 Å². The molecule has 0 saturated heterocycles. The summed E-state index contributed by atoms with van der Waals surface area (Å²) in [6.07, 6.45) is 0.274. The maximum absolute atomic E-state index is 14.0. The first-order valence-corrected chi connectivity index (χ1v) is 9.81. The maximum atomic E-state index is 14.0. The minimum Gasteiger partial charge on any atom is -0.481 e. The molecule has 8 nitrogen and oxygen atoms in total. The third-order valence-corrected chi connectivity index (χ3v) is 4.93. The number of H-pyrrole nitrogens is 1. The Morgan fingerprint density at radius 2 is 1.87 bits per heavy atom. The summed E-state index contributed by atoms with van der Waals surface area (Å²) in [5.74, 6) is -3.37. The molecule has 0 fully saturated rings. The molecule has 3 aromatic rings. The number of aliphatic carboxylic acids is 1. The van der Waals surface area contributed by atoms with E-state index in [0.29, 0.717) is 11.1 Å². The number of nitrogens with zero attached hydrogens (tertiary/aromatic N) is 2. The number of aliphatic hydroxyl groups excluding tert-OH is 1. The summed E-state index contributed by atoms with van der Waals surface area (Å²) in [6.45, 7) is -0.569. The average Bonchev–Trinajstić information content (AvgIpc) is 3.19. The third kappa shape index (κ3) is 5.87. The van der Waals surface area contributed by atoms with Crippen molar-refractivity contribution in [1.29, 1.82) is 0 Å². The van der Waals surface area contributed by atoms with E-state index in [2.05, 4.69) is 20.5 Å². The Balaban J connectivity index is 1.77. The second-order valence-corrected chi connectivity index (χ2v) is 7.31. The van der Waals surface area contributed by atoms with Crippen LogP contribution < -0.4 is 5.32 Å². The van der Waals surface area contributed by atoms with Crippen molar-refractivity contribution in [3.05, 3.63) is 71.0 Å². The zero-order valence-corrected chi connectivity index (χ0v) is 17.0. The first-order chi connectivity index (χ1) is 14.9. The molecule has 1 aromatic heterocycles. The van der Waals surface area contributed by atoms with E-state index in [4.69, 9.17) is 11.6 Å². The highest BCUT2D eigenvalue weighted by Gasteiger charge is 2.25. The Bertz CT molecular complexity index is 1060. The van der Waals surface area contributed by atoms with Crippen molar-refractivity contribution in [2.75, 3.05) is 6.61 Å². The number of halogens is 2. The quantitative estimate of drug-likeness (QED) is 0.400. The predicted molar refractivity (Wildman–Crippen MR) is 111 cm³/mol. The van der Waals surface area contributed by atoms with Gasteiger partial charge < -0.3 is 15.5 Å². The Labute approximate surface area is 182 Å². The van der Waals surface area contributed by atoms with E-state index in [-0.39, 0.29) is 29.8 Å². The number of hydrogen-bond donors (Lipinski definition) is 4. The van der Waals surface area contributed by atoms with Gasteiger partial charge in [-0.15, -0.1) is 5.10 Å². The summed E-state index contributed by atoms with van der Waals surface area (Å²) in [5.41, 5.74) is 1.95. The molecule has 2 atom stereocenters. The molecule has 1 amide bonds. The fourth-order valence-electron chi connectivity index (χ4n) is 3.18. The lowest BCUT2D eigenvalue weighted by molar-refractivity contribution is -0.143. The third-order valence-electron chi connectivity index (χ3n) is 4.76. The van der Waals surface area contributed by atoms with E-state index in [1.807, 2.05) is 0 Å². The molecule has 0 aliphatic heterocycles. The lowest BCUT2D eigenvalue weighted by Gasteiger charge is -2.21. The van der Waals surface area contributed by atoms with E-state index in [0.717, 1.165) is 5.56 Å². The molecule has 0 aliphatic rings. The number of aromatic amines is 1. The normalized spacial score (nSPS) is 12.9. The van der Waals surface area contributed by atoms with Crippen LogP contribution in [-0.2, 0) is 11.2 Å². The lowest BCUT2D eigenvalue weighted by atomic mass is 9.94. The number of hydrogen-bond acceptors (Lipinski definition) is 5. The highest BCUT2D eigenvalue weighted by molar-refractivity contribution is 6.28. The van der Waals surface area contributed by atoms with Crippen LogP contribution in [0, 0.1) is 11.7 Å². The average molecular weight is 447 g/mol. The van der Waals surface area contributed by atoms with Crippen LogP contribution in [0.25, 0.3) is 11.1 Å². The van der Waals surface area contributed by atoms with E-state index < -0.39 is 30.4 Å². The Morgan fingerprint density at radius 1 is 1.16 bits per heavy atom. The van der Waals surface area contributed by atoms with Crippen molar-refractivity contribution in [3.8, 4) is 11.1 Å². The van der Waals surface area contributed by atoms with Gasteiger partial charge in [-0.05, 0) is 41.6 Å². The van der Waals surface area contributed by atoms with Crippen molar-refractivity contribution < 1.29 is 24.2 Å². The molecule has 31 heavy (non-hydrogen) atoms. The zero-order valence-electron chi connectivity index (χ0n) is 16.3. The summed E-state index contributed by atoms with van der Waals surface area (Å²) >= 11 is 5.65. The smallest absolute Gasteiger partial charge is 0.308 e. The molecule has 0 radical (unpaired) electrons. The molecule has 0 unspecified atom stereocenters. The molecular formula is C21H20ClFN4O4. The van der Waals surface area contributed by atoms with Gasteiger partial charge in [0.15, 0.2) is 0 Å². The van der Waals surface area contributed by atoms with Gasteiger partial charge in [0.2, 0.25) is 11.1 Å². The Hall–Kier alpha value is -3.30. The van der Waals surface area contributed by atoms with Gasteiger partial charge in [-0.3, -0.25) is 9.59 Å². The van der Waals surface area contributed by atoms with Crippen LogP contribution >= 0.6 is 11.6 Å². The van der Waals surface area contributed by atoms with Gasteiger partial charge in [-0.25, -0.2) is 9.49 Å². The van der Waals surface area contributed by atoms with Crippen molar-refractivity contribution in [2.24, 2.45) is 5.92 Å². The highest BCUT2D eigenvalue weighted by atomic mass is 35.5. The Kier molecular flexibility index (Phi) is 7.32. The fourth-order valence-corrected chi connectivity index (χ4v) is 3.31. The van der Waals surface area contributed by atoms with Gasteiger partial charge in [-0.2, -0.15) is 4.98 Å². The zero-order chi connectivity index (χ0) is 22.4. The number of nitrogens with one attached hydrogen (secondary N) is 2. The topological polar surface area (TPSA) is 128 Å². The van der Waals surface area contributed by atoms with Gasteiger partial charge >= 0.3 is 5.97 Å². The number of amides is 1. The summed E-state index contributed by atoms with van der Waals surface area (Å²) in [6, 6.07) is 12.8. The standard InChI is InChI=1S/C21H20ClFN4O4/c22-21-25-18(26-27-21)19(29)24-15(10-14(11-28)20(30)31)9-12-5-7-13(8-6-12)16-3-1-2-4-17(16)23/h1-8,14-15,28H,9-11H2,(H,24,29)(H,30,31)(H,25,26,27)/t14-,15+/m0/s1. The van der Waals surface area contributed by atoms with Crippen LogP contribution in [-0.4, -0.2) is 49.9 Å². The SMILES string of the molecule is O=C(N[C@H](Cc1ccc(-c2ccccc2F)cc1)C[C@@H](CO)C(=O)O)c1n[nH]c(Cl)n1. The second kappa shape index (κ2) is 10.1. The maximum Gasteiger partial charge on any atom is 0.308 e. The molecule has 3 rings (SSSR count). The number of carbonyl (C=O) groups is 2. The van der Waals surface area contributed by atoms with E-state index in [1.54, 1.807) is 42.5 Å². The molecule has 0 saturated carbocycles. The fraction of sp³-hybridized carbons (Fsp3) is 0.238. The second-order valence-electron chi connectivity index (χ2n) is 6.95. The van der Waals surface area contributed by atoms with Gasteiger partial charge in [-0.1, -0.05) is 42.5 Å². The number of rotatable bonds is 9. The first kappa shape index (κ1) is 22.4. The lowest BCUT2D eigenvalue weighted by Crippen LogP contribution is -2.40. The van der Waals surface area contributed by atoms with Gasteiger partial charge in [0.25, 0.3) is 5.91 Å². The molecule has 1 heterocycles. The number of aromatic nitrogens is 3. The molecule has 2 aromatic carbocycles. The Morgan fingerprint density at radius 3 is 2.45 bits per heavy atom. The van der Waals surface area contributed by atoms with E-state index >= 15 is 0 Å². The number of carboxylic acids is 1. The molecular weight excluding hydrogens is 427 g/mol. The summed E-state index contributed by atoms with van der Waals surface area (Å²) < 4.78 is 14.0. The molecule has 10 heteroatoms. The van der Waals surface area contributed by atoms with E-state index in [9.17, 15) is 24.2 Å². The summed E-state index contributed by atoms with van der Waals surface area (Å²) in [7, 11) is 0. The van der Waals surface area contributed by atoms with Gasteiger partial charge in [0.05, 0.1) is 12.5 Å². The van der Waals surface area contributed by atoms with E-state index in [1.165, 1.54) is 6.07 Å². The minimum absolute atomic E-state index is 0.00913. The largest absolute Gasteiger partial charge is 0.481 e. The summed E-state index contributed by atoms with van der Waals surface area (Å²) in [4.78, 5) is 27.5. The first-order valence-electron chi connectivity index (χ1n) is 9.43. The van der Waals surface area contributed by atoms with Gasteiger partial charge in [0.1, 0.15) is 5.82 Å². The predicted octanol–water partition coefficient (Wildman–Crippen LogP) is 2.69. The van der Waals surface area contributed by atoms with Crippen molar-refractivity contribution in [2.45, 2.75) is 18.9 Å². The molecule has 162 valence electrons. The van der Waals surface area contributed by atoms with Gasteiger partial charge in [0, 0.05) is 11.6 Å². The van der Waals surface area contributed by atoms with Crippen LogP contribution in [0.5, 0.6) is 0 Å². The highest BCUT2D eigenvalue weighted by Crippen LogP contribution is 2.23. The number of benzene rings is 2. The minimum atomic E-state index is -1.17. The monoisotopic (exact) mass is 446 g/mol. The molecule has 0 spiro atoms. The van der Waals surface area contributed by atoms with Crippen LogP contribution in [0.15, 0.2) is 48.5 Å².